The van der Waals surface area contributed by atoms with E-state index in [1.807, 2.05) is 20.8 Å². The van der Waals surface area contributed by atoms with Crippen LogP contribution in [0.4, 0.5) is 0 Å². The van der Waals surface area contributed by atoms with Gasteiger partial charge in [0.2, 0.25) is 0 Å². The number of nitrogens with two attached hydrogens (primary N) is 2. The average Bonchev–Trinajstić information content (AvgIpc) is 1.60. The molecule has 0 aliphatic carbocycles. The first-order valence-electron chi connectivity index (χ1n) is 2.78. The molecule has 0 atom stereocenters. The molecule has 0 aromatic carbocycles. The Hall–Kier alpha value is 0.280. The molecular weight excluding hydrogens is 245 g/mol. The average molecular weight is 260 g/mol. The first-order chi connectivity index (χ1) is 4.27. The normalized spacial score (nSPS) is 14.9. The van der Waals surface area contributed by atoms with Gasteiger partial charge in [-0.25, -0.2) is 0 Å². The molecule has 4 nitrogen and oxygen atoms in total. The minimum absolute atomic E-state index is 0.318. The van der Waals surface area contributed by atoms with Crippen LogP contribution in [0.1, 0.15) is 20.8 Å². The quantitative estimate of drug-likeness (QED) is 0.321. The van der Waals surface area contributed by atoms with Crippen molar-refractivity contribution in [3.05, 3.63) is 0 Å². The molecule has 0 spiro atoms. The number of hydrogen-bond donors (Lipinski definition) is 2. The Morgan fingerprint density at radius 3 is 1.90 bits per heavy atom. The van der Waals surface area contributed by atoms with E-state index in [1.54, 1.807) is 0 Å². The zero-order valence-corrected chi connectivity index (χ0v) is 8.75. The van der Waals surface area contributed by atoms with Gasteiger partial charge in [0, 0.05) is 0 Å². The van der Waals surface area contributed by atoms with Crippen molar-refractivity contribution in [3.8, 4) is 0 Å². The summed E-state index contributed by atoms with van der Waals surface area (Å²) in [5.41, 5.74) is -0.318. The summed E-state index contributed by atoms with van der Waals surface area (Å²) >= 11 is -3.20. The molecule has 0 amide bonds. The third-order valence-corrected chi connectivity index (χ3v) is 3.63. The second-order valence-electron chi connectivity index (χ2n) is 2.88. The minimum atomic E-state index is -3.20. The number of hydrogen-bond acceptors (Lipinski definition) is 4. The molecule has 0 aromatic rings. The van der Waals surface area contributed by atoms with Gasteiger partial charge in [-0.05, 0) is 0 Å². The third kappa shape index (κ3) is 5.10. The number of rotatable bonds is 2. The van der Waals surface area contributed by atoms with Crippen LogP contribution < -0.4 is 27.6 Å². The van der Waals surface area contributed by atoms with Gasteiger partial charge in [0.15, 0.2) is 0 Å². The van der Waals surface area contributed by atoms with E-state index in [1.165, 1.54) is 0 Å². The van der Waals surface area contributed by atoms with Crippen LogP contribution in [0.5, 0.6) is 0 Å². The van der Waals surface area contributed by atoms with Crippen molar-refractivity contribution in [2.75, 3.05) is 0 Å². The van der Waals surface area contributed by atoms with E-state index in [0.29, 0.717) is 0 Å². The van der Waals surface area contributed by atoms with E-state index in [-0.39, 0.29) is 5.60 Å². The number of nitrogens with zero attached hydrogens (tertiary/aromatic N) is 1. The van der Waals surface area contributed by atoms with E-state index in [2.05, 4.69) is 9.92 Å². The van der Waals surface area contributed by atoms with Crippen molar-refractivity contribution in [2.24, 2.45) is 11.1 Å². The Bertz CT molecular complexity index is 129. The van der Waals surface area contributed by atoms with Crippen LogP contribution in [0.3, 0.4) is 0 Å². The summed E-state index contributed by atoms with van der Waals surface area (Å²) in [6.07, 6.45) is 0. The standard InChI is InChI=1S/C5H15IN3O/c1-5(2,3)10-6(7,8)9-4/h4,7-8H2,1-3H3/q-1. The molecular formula is C5H15IN3O-. The number of halogens is 1. The molecule has 0 radical (unpaired) electrons. The van der Waals surface area contributed by atoms with Gasteiger partial charge in [-0.1, -0.05) is 0 Å². The monoisotopic (exact) mass is 260 g/mol. The second-order valence-corrected chi connectivity index (χ2v) is 7.24. The molecule has 0 aliphatic rings. The Labute approximate surface area is 67.1 Å². The van der Waals surface area contributed by atoms with E-state index in [0.717, 1.165) is 0 Å². The Kier molecular flexibility index (Phi) is 3.21. The Morgan fingerprint density at radius 2 is 1.80 bits per heavy atom. The van der Waals surface area contributed by atoms with Crippen molar-refractivity contribution in [1.29, 1.82) is 0 Å². The van der Waals surface area contributed by atoms with Gasteiger partial charge in [-0.15, -0.1) is 0 Å². The van der Waals surface area contributed by atoms with E-state index in [4.69, 9.17) is 11.0 Å². The van der Waals surface area contributed by atoms with Crippen LogP contribution in [0.25, 0.3) is 0 Å². The Morgan fingerprint density at radius 1 is 1.40 bits per heavy atom. The van der Waals surface area contributed by atoms with Crippen LogP contribution in [0, 0.1) is 0 Å². The predicted octanol–water partition coefficient (Wildman–Crippen LogP) is -2.76. The summed E-state index contributed by atoms with van der Waals surface area (Å²) in [5.74, 6) is 0. The zero-order valence-electron chi connectivity index (χ0n) is 6.60. The zero-order chi connectivity index (χ0) is 8.41. The van der Waals surface area contributed by atoms with Gasteiger partial charge in [-0.2, -0.15) is 0 Å². The second kappa shape index (κ2) is 3.12. The summed E-state index contributed by atoms with van der Waals surface area (Å²) in [7, 11) is 0. The first kappa shape index (κ1) is 10.3. The fourth-order valence-electron chi connectivity index (χ4n) is 0.395. The fourth-order valence-corrected chi connectivity index (χ4v) is 2.65. The van der Waals surface area contributed by atoms with Crippen LogP contribution in [-0.4, -0.2) is 12.3 Å². The van der Waals surface area contributed by atoms with Crippen molar-refractivity contribution in [3.63, 3.8) is 0 Å². The molecule has 10 heavy (non-hydrogen) atoms. The van der Waals surface area contributed by atoms with E-state index >= 15 is 0 Å². The van der Waals surface area contributed by atoms with Crippen molar-refractivity contribution in [1.82, 2.24) is 0 Å². The van der Waals surface area contributed by atoms with Gasteiger partial charge in [0.25, 0.3) is 0 Å². The fraction of sp³-hybridized carbons (Fsp3) is 0.800. The molecule has 4 N–H and O–H groups in total. The topological polar surface area (TPSA) is 73.6 Å². The Balaban J connectivity index is 4.01. The van der Waals surface area contributed by atoms with Crippen LogP contribution >= 0.6 is 0 Å². The van der Waals surface area contributed by atoms with Gasteiger partial charge in [0.05, 0.1) is 0 Å². The predicted molar refractivity (Wildman–Crippen MR) is 38.8 cm³/mol. The van der Waals surface area contributed by atoms with Gasteiger partial charge in [0.1, 0.15) is 0 Å². The van der Waals surface area contributed by atoms with Gasteiger partial charge < -0.3 is 0 Å². The molecule has 0 saturated heterocycles. The van der Waals surface area contributed by atoms with Crippen molar-refractivity contribution in [2.45, 2.75) is 26.4 Å². The van der Waals surface area contributed by atoms with Crippen LogP contribution in [-0.2, 0) is 3.07 Å². The molecule has 0 aromatic heterocycles. The summed E-state index contributed by atoms with van der Waals surface area (Å²) in [5, 5.41) is 0. The third-order valence-electron chi connectivity index (χ3n) is 0.542. The van der Waals surface area contributed by atoms with Crippen LogP contribution in [0.2, 0.25) is 0 Å². The summed E-state index contributed by atoms with van der Waals surface area (Å²) < 4.78 is 19.9. The molecule has 0 unspecified atom stereocenters. The molecule has 0 saturated carbocycles. The summed E-state index contributed by atoms with van der Waals surface area (Å²) in [4.78, 5) is 0. The SMILES string of the molecule is C=N[I-](N)(N)OC(C)(C)C. The van der Waals surface area contributed by atoms with Gasteiger partial charge in [-0.3, -0.25) is 0 Å². The maximum absolute atomic E-state index is 5.51. The molecule has 0 bridgehead atoms. The maximum atomic E-state index is 5.51. The van der Waals surface area contributed by atoms with Crippen molar-refractivity contribution >= 4 is 6.72 Å². The van der Waals surface area contributed by atoms with E-state index in [9.17, 15) is 0 Å². The summed E-state index contributed by atoms with van der Waals surface area (Å²) in [6.45, 7) is 8.93. The molecule has 0 fully saturated rings. The molecule has 0 aliphatic heterocycles. The van der Waals surface area contributed by atoms with Crippen LogP contribution in [0.15, 0.2) is 3.21 Å². The van der Waals surface area contributed by atoms with Crippen molar-refractivity contribution < 1.29 is 22.7 Å². The molecule has 0 heterocycles. The summed E-state index contributed by atoms with van der Waals surface area (Å²) in [6, 6.07) is 0. The van der Waals surface area contributed by atoms with Gasteiger partial charge >= 0.3 is 66.9 Å². The molecule has 5 heteroatoms. The molecule has 0 rings (SSSR count). The first-order valence-corrected chi connectivity index (χ1v) is 7.12. The van der Waals surface area contributed by atoms with E-state index < -0.39 is 19.7 Å². The molecule has 64 valence electrons.